The summed E-state index contributed by atoms with van der Waals surface area (Å²) in [7, 11) is 0. The van der Waals surface area contributed by atoms with E-state index in [9.17, 15) is 18.4 Å². The predicted octanol–water partition coefficient (Wildman–Crippen LogP) is 1.21. The Bertz CT molecular complexity index is 705. The Kier molecular flexibility index (Phi) is 6.02. The third kappa shape index (κ3) is 5.17. The first-order chi connectivity index (χ1) is 11.5. The van der Waals surface area contributed by atoms with Gasteiger partial charge in [-0.25, -0.2) is 13.6 Å². The van der Waals surface area contributed by atoms with Crippen molar-refractivity contribution in [1.82, 2.24) is 10.6 Å². The first kappa shape index (κ1) is 17.6. The third-order valence-corrected chi connectivity index (χ3v) is 3.38. The van der Waals surface area contributed by atoms with E-state index in [1.54, 1.807) is 24.4 Å². The highest BCUT2D eigenvalue weighted by molar-refractivity contribution is 5.94. The zero-order valence-corrected chi connectivity index (χ0v) is 13.0. The Morgan fingerprint density at radius 2 is 2.04 bits per heavy atom. The topological polar surface area (TPSA) is 88.0 Å². The SMILES string of the molecule is C[C@@H]([NH2+]CC(=O)NC(=O)NCc1ccco1)c1ccc(F)c(F)c1. The van der Waals surface area contributed by atoms with Gasteiger partial charge < -0.3 is 15.1 Å². The van der Waals surface area contributed by atoms with E-state index in [2.05, 4.69) is 10.6 Å². The van der Waals surface area contributed by atoms with E-state index < -0.39 is 23.6 Å². The van der Waals surface area contributed by atoms with E-state index in [0.717, 1.165) is 12.1 Å². The van der Waals surface area contributed by atoms with Crippen LogP contribution in [0.25, 0.3) is 0 Å². The quantitative estimate of drug-likeness (QED) is 0.740. The molecule has 1 atom stereocenters. The number of urea groups is 1. The smallest absolute Gasteiger partial charge is 0.321 e. The van der Waals surface area contributed by atoms with E-state index in [1.807, 2.05) is 0 Å². The highest BCUT2D eigenvalue weighted by Gasteiger charge is 2.15. The van der Waals surface area contributed by atoms with E-state index in [0.29, 0.717) is 11.3 Å². The van der Waals surface area contributed by atoms with Gasteiger partial charge in [-0.3, -0.25) is 10.1 Å². The third-order valence-electron chi connectivity index (χ3n) is 3.38. The van der Waals surface area contributed by atoms with Crippen molar-refractivity contribution in [2.45, 2.75) is 19.5 Å². The monoisotopic (exact) mass is 338 g/mol. The fourth-order valence-electron chi connectivity index (χ4n) is 2.02. The fraction of sp³-hybridized carbons (Fsp3) is 0.250. The van der Waals surface area contributed by atoms with E-state index >= 15 is 0 Å². The Labute approximate surface area is 137 Å². The minimum Gasteiger partial charge on any atom is -0.467 e. The van der Waals surface area contributed by atoms with Gasteiger partial charge in [0.15, 0.2) is 18.2 Å². The molecule has 4 N–H and O–H groups in total. The van der Waals surface area contributed by atoms with Crippen LogP contribution in [-0.4, -0.2) is 18.5 Å². The van der Waals surface area contributed by atoms with Gasteiger partial charge in [0.05, 0.1) is 12.8 Å². The van der Waals surface area contributed by atoms with Crippen LogP contribution in [0.4, 0.5) is 13.6 Å². The Morgan fingerprint density at radius 1 is 1.25 bits per heavy atom. The van der Waals surface area contributed by atoms with Crippen molar-refractivity contribution < 1.29 is 28.1 Å². The van der Waals surface area contributed by atoms with Crippen molar-refractivity contribution in [3.8, 4) is 0 Å². The molecular weight excluding hydrogens is 320 g/mol. The van der Waals surface area contributed by atoms with Crippen LogP contribution in [0, 0.1) is 11.6 Å². The summed E-state index contributed by atoms with van der Waals surface area (Å²) in [6.07, 6.45) is 1.48. The summed E-state index contributed by atoms with van der Waals surface area (Å²) >= 11 is 0. The number of amides is 3. The molecule has 0 saturated carbocycles. The maximum atomic E-state index is 13.2. The maximum absolute atomic E-state index is 13.2. The van der Waals surface area contributed by atoms with Gasteiger partial charge >= 0.3 is 6.03 Å². The van der Waals surface area contributed by atoms with Crippen LogP contribution in [0.2, 0.25) is 0 Å². The number of furan rings is 1. The summed E-state index contributed by atoms with van der Waals surface area (Å²) in [6, 6.07) is 6.06. The van der Waals surface area contributed by atoms with Gasteiger partial charge in [-0.1, -0.05) is 0 Å². The second-order valence-corrected chi connectivity index (χ2v) is 5.21. The molecule has 8 heteroatoms. The van der Waals surface area contributed by atoms with Crippen molar-refractivity contribution in [2.75, 3.05) is 6.54 Å². The molecule has 0 saturated heterocycles. The van der Waals surface area contributed by atoms with Crippen molar-refractivity contribution in [1.29, 1.82) is 0 Å². The van der Waals surface area contributed by atoms with Gasteiger partial charge in [-0.2, -0.15) is 0 Å². The molecule has 24 heavy (non-hydrogen) atoms. The average molecular weight is 338 g/mol. The normalized spacial score (nSPS) is 11.8. The lowest BCUT2D eigenvalue weighted by Crippen LogP contribution is -2.87. The summed E-state index contributed by atoms with van der Waals surface area (Å²) in [5.74, 6) is -1.79. The highest BCUT2D eigenvalue weighted by atomic mass is 19.2. The number of imide groups is 1. The number of hydrogen-bond acceptors (Lipinski definition) is 3. The molecule has 0 aliphatic rings. The number of nitrogens with two attached hydrogens (primary N) is 1. The van der Waals surface area contributed by atoms with Crippen LogP contribution >= 0.6 is 0 Å². The number of rotatable bonds is 6. The Balaban J connectivity index is 1.73. The average Bonchev–Trinajstić information content (AvgIpc) is 3.06. The molecular formula is C16H18F2N3O3+. The Hall–Kier alpha value is -2.74. The number of quaternary nitrogens is 1. The van der Waals surface area contributed by atoms with Crippen molar-refractivity contribution >= 4 is 11.9 Å². The number of hydrogen-bond donors (Lipinski definition) is 3. The zero-order valence-electron chi connectivity index (χ0n) is 13.0. The molecule has 0 spiro atoms. The molecule has 6 nitrogen and oxygen atoms in total. The molecule has 1 heterocycles. The molecule has 1 aromatic heterocycles. The number of halogens is 2. The molecule has 3 amide bonds. The first-order valence-corrected chi connectivity index (χ1v) is 7.34. The number of nitrogens with one attached hydrogen (secondary N) is 2. The minimum absolute atomic E-state index is 0.0334. The summed E-state index contributed by atoms with van der Waals surface area (Å²) < 4.78 is 31.1. The van der Waals surface area contributed by atoms with Crippen molar-refractivity contribution in [3.05, 3.63) is 59.6 Å². The molecule has 0 aliphatic heterocycles. The molecule has 1 aromatic carbocycles. The van der Waals surface area contributed by atoms with Crippen LogP contribution in [0.15, 0.2) is 41.0 Å². The molecule has 0 bridgehead atoms. The molecule has 0 aliphatic carbocycles. The predicted molar refractivity (Wildman–Crippen MR) is 80.7 cm³/mol. The number of benzene rings is 1. The molecule has 2 rings (SSSR count). The summed E-state index contributed by atoms with van der Waals surface area (Å²) in [5.41, 5.74) is 0.545. The second kappa shape index (κ2) is 8.21. The molecule has 0 unspecified atom stereocenters. The van der Waals surface area contributed by atoms with Gasteiger partial charge in [0.2, 0.25) is 0 Å². The van der Waals surface area contributed by atoms with Gasteiger partial charge in [-0.15, -0.1) is 0 Å². The molecule has 0 radical (unpaired) electrons. The van der Waals surface area contributed by atoms with E-state index in [-0.39, 0.29) is 19.1 Å². The lowest BCUT2D eigenvalue weighted by molar-refractivity contribution is -0.682. The summed E-state index contributed by atoms with van der Waals surface area (Å²) in [5, 5.41) is 6.27. The standard InChI is InChI=1S/C16H17F2N3O3/c1-10(11-4-5-13(17)14(18)7-11)19-9-15(22)21-16(23)20-8-12-3-2-6-24-12/h2-7,10,19H,8-9H2,1H3,(H2,20,21,22,23)/p+1/t10-/m1/s1. The molecule has 128 valence electrons. The number of carbonyl (C=O) groups is 2. The van der Waals surface area contributed by atoms with Gasteiger partial charge in [-0.05, 0) is 37.3 Å². The second-order valence-electron chi connectivity index (χ2n) is 5.21. The van der Waals surface area contributed by atoms with Gasteiger partial charge in [0.1, 0.15) is 11.8 Å². The van der Waals surface area contributed by atoms with Crippen LogP contribution < -0.4 is 16.0 Å². The van der Waals surface area contributed by atoms with Crippen molar-refractivity contribution in [3.63, 3.8) is 0 Å². The van der Waals surface area contributed by atoms with Crippen molar-refractivity contribution in [2.24, 2.45) is 0 Å². The van der Waals surface area contributed by atoms with Crippen LogP contribution in [-0.2, 0) is 11.3 Å². The van der Waals surface area contributed by atoms with Crippen LogP contribution in [0.5, 0.6) is 0 Å². The maximum Gasteiger partial charge on any atom is 0.321 e. The lowest BCUT2D eigenvalue weighted by atomic mass is 10.1. The highest BCUT2D eigenvalue weighted by Crippen LogP contribution is 2.12. The first-order valence-electron chi connectivity index (χ1n) is 7.34. The summed E-state index contributed by atoms with van der Waals surface area (Å²) in [6.45, 7) is 1.88. The minimum atomic E-state index is -0.936. The molecule has 2 aromatic rings. The van der Waals surface area contributed by atoms with E-state index in [1.165, 1.54) is 12.3 Å². The largest absolute Gasteiger partial charge is 0.467 e. The van der Waals surface area contributed by atoms with Crippen LogP contribution in [0.1, 0.15) is 24.3 Å². The van der Waals surface area contributed by atoms with Crippen LogP contribution in [0.3, 0.4) is 0 Å². The zero-order chi connectivity index (χ0) is 17.5. The van der Waals surface area contributed by atoms with E-state index in [4.69, 9.17) is 4.42 Å². The van der Waals surface area contributed by atoms with Gasteiger partial charge in [0, 0.05) is 5.56 Å². The summed E-state index contributed by atoms with van der Waals surface area (Å²) in [4.78, 5) is 23.3. The Morgan fingerprint density at radius 3 is 2.71 bits per heavy atom. The van der Waals surface area contributed by atoms with Gasteiger partial charge in [0.25, 0.3) is 5.91 Å². The lowest BCUT2D eigenvalue weighted by Gasteiger charge is -2.11. The number of carbonyl (C=O) groups excluding carboxylic acids is 2. The molecule has 0 fully saturated rings. The fourth-order valence-corrected chi connectivity index (χ4v) is 2.02.